The molecule has 0 aliphatic carbocycles. The lowest BCUT2D eigenvalue weighted by atomic mass is 9.98. The second-order valence-corrected chi connectivity index (χ2v) is 19.5. The average molecular weight is 1080 g/mol. The Labute approximate surface area is 443 Å². The summed E-state index contributed by atoms with van der Waals surface area (Å²) in [6.45, 7) is 7.82. The van der Waals surface area contributed by atoms with Gasteiger partial charge in [0.2, 0.25) is 47.3 Å². The smallest absolute Gasteiger partial charge is 0.326 e. The summed E-state index contributed by atoms with van der Waals surface area (Å²) in [5.41, 5.74) is 6.79. The van der Waals surface area contributed by atoms with Gasteiger partial charge in [0.1, 0.15) is 54.2 Å². The van der Waals surface area contributed by atoms with Gasteiger partial charge < -0.3 is 68.3 Å². The highest BCUT2D eigenvalue weighted by Gasteiger charge is 2.41. The van der Waals surface area contributed by atoms with E-state index in [0.717, 1.165) is 24.0 Å². The van der Waals surface area contributed by atoms with E-state index in [2.05, 4.69) is 37.2 Å². The molecule has 0 unspecified atom stereocenters. The SMILES string of the molecule is CC(C)C[C@H](NC(=O)[C@@H](NC(=O)[C@@H](N)CCC(=O)O)C(C)C)C(=O)N[C@@H](Cc1ccc(F)cc1)C(=O)N1CCC[C@@H]1C(=O)N[C@@H](CC(=O)O)C(=O)N[C@@H](C)C(=O)N[C@@H](CCC(=O)O)C(=O)N[C@@H](Cc1ccccc1)C(=O)O. The van der Waals surface area contributed by atoms with Gasteiger partial charge in [-0.2, -0.15) is 0 Å². The Balaban J connectivity index is 1.83. The number of hydrogen-bond donors (Lipinski definition) is 12. The first-order valence-electron chi connectivity index (χ1n) is 25.0. The summed E-state index contributed by atoms with van der Waals surface area (Å²) >= 11 is 0. The lowest BCUT2D eigenvalue weighted by Gasteiger charge is -2.31. The summed E-state index contributed by atoms with van der Waals surface area (Å²) in [4.78, 5) is 158. The van der Waals surface area contributed by atoms with Crippen molar-refractivity contribution in [2.24, 2.45) is 17.6 Å². The van der Waals surface area contributed by atoms with E-state index in [1.165, 1.54) is 12.1 Å². The number of carboxylic acids is 4. The Morgan fingerprint density at radius 2 is 1.12 bits per heavy atom. The van der Waals surface area contributed by atoms with Crippen molar-refractivity contribution in [2.45, 2.75) is 153 Å². The van der Waals surface area contributed by atoms with Gasteiger partial charge in [-0.05, 0) is 74.1 Å². The normalized spacial score (nSPS) is 16.2. The molecular formula is C51H70FN9O16. The predicted molar refractivity (Wildman–Crippen MR) is 270 cm³/mol. The number of likely N-dealkylation sites (tertiary alicyclic amines) is 1. The lowest BCUT2D eigenvalue weighted by Crippen LogP contribution is -2.61. The Morgan fingerprint density at radius 3 is 1.69 bits per heavy atom. The molecule has 1 saturated heterocycles. The maximum atomic E-state index is 14.6. The molecule has 422 valence electrons. The van der Waals surface area contributed by atoms with Crippen LogP contribution in [0, 0.1) is 17.7 Å². The van der Waals surface area contributed by atoms with E-state index in [0.29, 0.717) is 11.1 Å². The highest BCUT2D eigenvalue weighted by atomic mass is 19.1. The molecular weight excluding hydrogens is 1010 g/mol. The van der Waals surface area contributed by atoms with Crippen LogP contribution in [0.3, 0.4) is 0 Å². The molecule has 25 nitrogen and oxygen atoms in total. The van der Waals surface area contributed by atoms with Crippen molar-refractivity contribution in [2.75, 3.05) is 6.54 Å². The first kappa shape index (κ1) is 63.3. The fraction of sp³-hybridized carbons (Fsp3) is 0.529. The first-order valence-corrected chi connectivity index (χ1v) is 25.0. The van der Waals surface area contributed by atoms with Crippen molar-refractivity contribution in [3.05, 3.63) is 71.5 Å². The van der Waals surface area contributed by atoms with E-state index in [1.807, 2.05) is 0 Å². The molecule has 0 radical (unpaired) electrons. The van der Waals surface area contributed by atoms with Crippen molar-refractivity contribution in [3.63, 3.8) is 0 Å². The average Bonchev–Trinajstić information content (AvgIpc) is 3.85. The van der Waals surface area contributed by atoms with Crippen molar-refractivity contribution in [3.8, 4) is 0 Å². The number of aliphatic carboxylic acids is 4. The monoisotopic (exact) mass is 1080 g/mol. The first-order chi connectivity index (χ1) is 36.2. The van der Waals surface area contributed by atoms with Crippen LogP contribution < -0.4 is 43.0 Å². The van der Waals surface area contributed by atoms with Crippen molar-refractivity contribution in [1.29, 1.82) is 0 Å². The molecule has 0 spiro atoms. The van der Waals surface area contributed by atoms with Gasteiger partial charge in [0.15, 0.2) is 0 Å². The van der Waals surface area contributed by atoms with Gasteiger partial charge in [0, 0.05) is 32.2 Å². The van der Waals surface area contributed by atoms with Crippen LogP contribution in [-0.4, -0.2) is 157 Å². The number of carboxylic acid groups (broad SMARTS) is 4. The molecule has 3 rings (SSSR count). The third-order valence-electron chi connectivity index (χ3n) is 12.3. The Hall–Kier alpha value is -8.03. The zero-order valence-electron chi connectivity index (χ0n) is 43.4. The summed E-state index contributed by atoms with van der Waals surface area (Å²) in [5, 5.41) is 54.9. The number of nitrogens with zero attached hydrogens (tertiary/aromatic N) is 1. The maximum Gasteiger partial charge on any atom is 0.326 e. The van der Waals surface area contributed by atoms with Crippen LogP contribution in [-0.2, 0) is 70.4 Å². The van der Waals surface area contributed by atoms with Crippen LogP contribution in [0.1, 0.15) is 97.1 Å². The Bertz CT molecular complexity index is 2440. The van der Waals surface area contributed by atoms with Gasteiger partial charge in [-0.3, -0.25) is 52.7 Å². The van der Waals surface area contributed by atoms with Crippen LogP contribution in [0.25, 0.3) is 0 Å². The molecule has 1 aliphatic heterocycles. The number of amides is 8. The second kappa shape index (κ2) is 30.5. The Kier molecular flexibility index (Phi) is 25.1. The van der Waals surface area contributed by atoms with Gasteiger partial charge in [-0.1, -0.05) is 70.2 Å². The zero-order chi connectivity index (χ0) is 57.7. The van der Waals surface area contributed by atoms with Gasteiger partial charge in [-0.25, -0.2) is 9.18 Å². The molecule has 0 bridgehead atoms. The topological polar surface area (TPSA) is 399 Å². The quantitative estimate of drug-likeness (QED) is 0.0446. The fourth-order valence-corrected chi connectivity index (χ4v) is 8.19. The summed E-state index contributed by atoms with van der Waals surface area (Å²) in [6.07, 6.45) is -2.96. The third-order valence-corrected chi connectivity index (χ3v) is 12.3. The molecule has 13 N–H and O–H groups in total. The summed E-state index contributed by atoms with van der Waals surface area (Å²) in [7, 11) is 0. The standard InChI is InChI=1S/C51H70FN9O16/c1-26(2)22-34(57-49(74)42(27(3)4)60-44(69)32(53)17-19-39(62)63)47(72)58-36(23-30-13-15-31(52)16-14-30)50(75)61-21-9-12-38(61)48(73)56-35(25-41(66)67)46(71)54-28(5)43(68)55-33(18-20-40(64)65)45(70)59-37(51(76)77)24-29-10-7-6-8-11-29/h6-8,10-11,13-16,26-28,32-38,42H,9,12,17-25,53H2,1-5H3,(H,54,71)(H,55,68)(H,56,73)(H,57,74)(H,58,72)(H,59,70)(H,60,69)(H,62,63)(H,64,65)(H,66,67)(H,76,77)/t28-,32-,33-,34-,35-,36-,37-,38+,42-/m0/s1. The molecule has 0 saturated carbocycles. The highest BCUT2D eigenvalue weighted by Crippen LogP contribution is 2.21. The molecule has 1 heterocycles. The number of hydrogen-bond acceptors (Lipinski definition) is 13. The number of nitrogens with two attached hydrogens (primary N) is 1. The van der Waals surface area contributed by atoms with E-state index < -0.39 is 163 Å². The van der Waals surface area contributed by atoms with E-state index in [4.69, 9.17) is 10.8 Å². The summed E-state index contributed by atoms with van der Waals surface area (Å²) in [5.74, 6) is -14.5. The molecule has 1 fully saturated rings. The number of carbonyl (C=O) groups excluding carboxylic acids is 8. The van der Waals surface area contributed by atoms with Crippen LogP contribution in [0.4, 0.5) is 4.39 Å². The number of rotatable bonds is 31. The van der Waals surface area contributed by atoms with E-state index in [1.54, 1.807) is 58.0 Å². The van der Waals surface area contributed by atoms with E-state index in [9.17, 15) is 77.2 Å². The maximum absolute atomic E-state index is 14.6. The minimum absolute atomic E-state index is 0.00278. The number of benzene rings is 2. The van der Waals surface area contributed by atoms with Gasteiger partial charge in [-0.15, -0.1) is 0 Å². The molecule has 77 heavy (non-hydrogen) atoms. The highest BCUT2D eigenvalue weighted by molar-refractivity contribution is 5.99. The van der Waals surface area contributed by atoms with Crippen molar-refractivity contribution >= 4 is 71.1 Å². The number of carbonyl (C=O) groups is 12. The fourth-order valence-electron chi connectivity index (χ4n) is 8.19. The van der Waals surface area contributed by atoms with Crippen LogP contribution in [0.15, 0.2) is 54.6 Å². The molecule has 9 atom stereocenters. The molecule has 1 aliphatic rings. The second-order valence-electron chi connectivity index (χ2n) is 19.5. The Morgan fingerprint density at radius 1 is 0.584 bits per heavy atom. The molecule has 8 amide bonds. The van der Waals surface area contributed by atoms with Crippen LogP contribution >= 0.6 is 0 Å². The molecule has 2 aromatic rings. The molecule has 26 heteroatoms. The van der Waals surface area contributed by atoms with Crippen LogP contribution in [0.5, 0.6) is 0 Å². The summed E-state index contributed by atoms with van der Waals surface area (Å²) < 4.78 is 14.0. The molecule has 0 aromatic heterocycles. The van der Waals surface area contributed by atoms with Crippen molar-refractivity contribution < 1.29 is 82.4 Å². The number of nitrogens with one attached hydrogen (secondary N) is 7. The van der Waals surface area contributed by atoms with E-state index in [-0.39, 0.29) is 51.0 Å². The minimum atomic E-state index is -1.87. The van der Waals surface area contributed by atoms with Crippen molar-refractivity contribution in [1.82, 2.24) is 42.1 Å². The predicted octanol–water partition coefficient (Wildman–Crippen LogP) is -0.666. The van der Waals surface area contributed by atoms with Gasteiger partial charge >= 0.3 is 23.9 Å². The zero-order valence-corrected chi connectivity index (χ0v) is 43.4. The number of halogens is 1. The lowest BCUT2D eigenvalue weighted by molar-refractivity contribution is -0.144. The minimum Gasteiger partial charge on any atom is -0.481 e. The third kappa shape index (κ3) is 21.3. The van der Waals surface area contributed by atoms with Gasteiger partial charge in [0.05, 0.1) is 12.5 Å². The molecule has 2 aromatic carbocycles. The van der Waals surface area contributed by atoms with Crippen LogP contribution in [0.2, 0.25) is 0 Å². The largest absolute Gasteiger partial charge is 0.481 e. The summed E-state index contributed by atoms with van der Waals surface area (Å²) in [6, 6.07) is 0.0361. The van der Waals surface area contributed by atoms with E-state index >= 15 is 0 Å². The van der Waals surface area contributed by atoms with Gasteiger partial charge in [0.25, 0.3) is 0 Å².